The van der Waals surface area contributed by atoms with E-state index in [1.807, 2.05) is 13.8 Å². The number of anilines is 1. The summed E-state index contributed by atoms with van der Waals surface area (Å²) in [4.78, 5) is 0.645. The molecule has 0 aliphatic heterocycles. The summed E-state index contributed by atoms with van der Waals surface area (Å²) in [6.45, 7) is 4.10. The molecule has 1 rings (SSSR count). The molecule has 1 unspecified atom stereocenters. The van der Waals surface area contributed by atoms with Crippen molar-refractivity contribution < 1.29 is 4.21 Å². The third-order valence-corrected chi connectivity index (χ3v) is 4.74. The van der Waals surface area contributed by atoms with Gasteiger partial charge in [-0.1, -0.05) is 19.9 Å². The van der Waals surface area contributed by atoms with Crippen LogP contribution >= 0.6 is 0 Å². The standard InChI is InChI=1S/C12H21N3OS/c1-4-11(5-2)15-17(16,14-3)12-8-6-7-10(13)9-12/h6-9,11H,4-5,13H2,1-3H3,(H,14,15,16). The van der Waals surface area contributed by atoms with E-state index in [0.717, 1.165) is 12.8 Å². The van der Waals surface area contributed by atoms with E-state index in [-0.39, 0.29) is 6.04 Å². The summed E-state index contributed by atoms with van der Waals surface area (Å²) in [5.41, 5.74) is 6.31. The van der Waals surface area contributed by atoms with E-state index in [1.54, 1.807) is 31.3 Å². The molecule has 0 heterocycles. The van der Waals surface area contributed by atoms with Crippen LogP contribution in [0, 0.1) is 0 Å². The van der Waals surface area contributed by atoms with Gasteiger partial charge in [-0.25, -0.2) is 13.3 Å². The number of nitrogens with one attached hydrogen (secondary N) is 1. The van der Waals surface area contributed by atoms with Gasteiger partial charge in [0.15, 0.2) is 0 Å². The smallest absolute Gasteiger partial charge is 0.137 e. The van der Waals surface area contributed by atoms with Crippen LogP contribution in [0.15, 0.2) is 33.5 Å². The Labute approximate surface area is 104 Å². The topological polar surface area (TPSA) is 67.5 Å². The summed E-state index contributed by atoms with van der Waals surface area (Å²) in [7, 11) is -0.892. The van der Waals surface area contributed by atoms with Crippen molar-refractivity contribution in [1.82, 2.24) is 4.72 Å². The maximum atomic E-state index is 12.7. The molecule has 0 bridgehead atoms. The first-order chi connectivity index (χ1) is 8.05. The lowest BCUT2D eigenvalue weighted by Gasteiger charge is -2.14. The van der Waals surface area contributed by atoms with Crippen molar-refractivity contribution in [3.8, 4) is 0 Å². The Morgan fingerprint density at radius 2 is 2.06 bits per heavy atom. The molecule has 1 aromatic carbocycles. The fourth-order valence-electron chi connectivity index (χ4n) is 1.57. The van der Waals surface area contributed by atoms with E-state index in [0.29, 0.717) is 10.6 Å². The van der Waals surface area contributed by atoms with Crippen LogP contribution in [0.5, 0.6) is 0 Å². The highest BCUT2D eigenvalue weighted by atomic mass is 32.2. The molecule has 0 amide bonds. The third-order valence-electron chi connectivity index (χ3n) is 2.69. The summed E-state index contributed by atoms with van der Waals surface area (Å²) in [5, 5.41) is 0. The Bertz CT molecular complexity index is 474. The molecule has 0 aromatic heterocycles. The average molecular weight is 255 g/mol. The van der Waals surface area contributed by atoms with Crippen LogP contribution in [0.4, 0.5) is 5.69 Å². The number of hydrogen-bond acceptors (Lipinski definition) is 3. The van der Waals surface area contributed by atoms with E-state index in [9.17, 15) is 4.21 Å². The van der Waals surface area contributed by atoms with Gasteiger partial charge in [0, 0.05) is 5.69 Å². The molecule has 0 spiro atoms. The summed E-state index contributed by atoms with van der Waals surface area (Å²) < 4.78 is 20.0. The van der Waals surface area contributed by atoms with Crippen LogP contribution in [0.2, 0.25) is 0 Å². The van der Waals surface area contributed by atoms with Crippen LogP contribution in [-0.2, 0) is 9.92 Å². The quantitative estimate of drug-likeness (QED) is 0.793. The molecule has 0 fully saturated rings. The minimum absolute atomic E-state index is 0.108. The van der Waals surface area contributed by atoms with Gasteiger partial charge in [-0.05, 0) is 38.1 Å². The number of nitrogens with zero attached hydrogens (tertiary/aromatic N) is 1. The van der Waals surface area contributed by atoms with Gasteiger partial charge in [-0.2, -0.15) is 0 Å². The molecule has 96 valence electrons. The Balaban J connectivity index is 3.25. The number of rotatable bonds is 5. The number of benzene rings is 1. The molecule has 0 saturated carbocycles. The van der Waals surface area contributed by atoms with E-state index < -0.39 is 9.92 Å². The minimum Gasteiger partial charge on any atom is -0.399 e. The van der Waals surface area contributed by atoms with Gasteiger partial charge in [0.05, 0.1) is 10.9 Å². The van der Waals surface area contributed by atoms with Crippen LogP contribution in [0.3, 0.4) is 0 Å². The van der Waals surface area contributed by atoms with Gasteiger partial charge >= 0.3 is 0 Å². The van der Waals surface area contributed by atoms with Gasteiger partial charge < -0.3 is 5.73 Å². The maximum absolute atomic E-state index is 12.7. The van der Waals surface area contributed by atoms with Crippen molar-refractivity contribution in [3.05, 3.63) is 24.3 Å². The largest absolute Gasteiger partial charge is 0.399 e. The fraction of sp³-hybridized carbons (Fsp3) is 0.500. The maximum Gasteiger partial charge on any atom is 0.137 e. The summed E-state index contributed by atoms with van der Waals surface area (Å²) in [6, 6.07) is 7.18. The van der Waals surface area contributed by atoms with Gasteiger partial charge in [0.1, 0.15) is 9.92 Å². The predicted octanol–water partition coefficient (Wildman–Crippen LogP) is 2.42. The second kappa shape index (κ2) is 6.02. The highest BCUT2D eigenvalue weighted by Crippen LogP contribution is 2.17. The lowest BCUT2D eigenvalue weighted by atomic mass is 10.2. The van der Waals surface area contributed by atoms with Gasteiger partial charge in [-0.3, -0.25) is 0 Å². The van der Waals surface area contributed by atoms with Crippen LogP contribution in [0.25, 0.3) is 0 Å². The molecule has 4 nitrogen and oxygen atoms in total. The first-order valence-electron chi connectivity index (χ1n) is 5.86. The van der Waals surface area contributed by atoms with Crippen molar-refractivity contribution in [2.45, 2.75) is 37.6 Å². The number of nitrogen functional groups attached to an aromatic ring is 1. The Hall–Kier alpha value is -1.07. The van der Waals surface area contributed by atoms with Crippen molar-refractivity contribution in [2.75, 3.05) is 12.8 Å². The SMILES string of the molecule is CCC(CC)N=S(=O)(NC)c1cccc(N)c1. The lowest BCUT2D eigenvalue weighted by molar-refractivity contribution is 0.618. The zero-order chi connectivity index (χ0) is 12.9. The Morgan fingerprint density at radius 3 is 2.53 bits per heavy atom. The van der Waals surface area contributed by atoms with Gasteiger partial charge in [-0.15, -0.1) is 0 Å². The van der Waals surface area contributed by atoms with Crippen molar-refractivity contribution in [1.29, 1.82) is 0 Å². The molecule has 0 aliphatic carbocycles. The van der Waals surface area contributed by atoms with Crippen LogP contribution in [-0.4, -0.2) is 17.3 Å². The molecule has 0 saturated heterocycles. The molecule has 5 heteroatoms. The Morgan fingerprint density at radius 1 is 1.41 bits per heavy atom. The highest BCUT2D eigenvalue weighted by molar-refractivity contribution is 7.91. The van der Waals surface area contributed by atoms with E-state index >= 15 is 0 Å². The van der Waals surface area contributed by atoms with Crippen LogP contribution < -0.4 is 10.5 Å². The summed E-state index contributed by atoms with van der Waals surface area (Å²) >= 11 is 0. The average Bonchev–Trinajstić information content (AvgIpc) is 2.35. The minimum atomic E-state index is -2.56. The molecule has 1 aromatic rings. The van der Waals surface area contributed by atoms with Crippen molar-refractivity contribution >= 4 is 15.6 Å². The molecule has 0 aliphatic rings. The van der Waals surface area contributed by atoms with E-state index in [1.165, 1.54) is 0 Å². The zero-order valence-corrected chi connectivity index (χ0v) is 11.5. The first-order valence-corrected chi connectivity index (χ1v) is 7.37. The second-order valence-corrected chi connectivity index (χ2v) is 6.02. The summed E-state index contributed by atoms with van der Waals surface area (Å²) in [6.07, 6.45) is 1.77. The molecular weight excluding hydrogens is 234 g/mol. The molecule has 1 atom stereocenters. The fourth-order valence-corrected chi connectivity index (χ4v) is 3.31. The monoisotopic (exact) mass is 255 g/mol. The normalized spacial score (nSPS) is 14.6. The first kappa shape index (κ1) is 14.0. The lowest BCUT2D eigenvalue weighted by Crippen LogP contribution is -2.21. The number of hydrogen-bond donors (Lipinski definition) is 2. The second-order valence-electron chi connectivity index (χ2n) is 3.88. The highest BCUT2D eigenvalue weighted by Gasteiger charge is 2.13. The van der Waals surface area contributed by atoms with Crippen molar-refractivity contribution in [2.24, 2.45) is 4.36 Å². The third kappa shape index (κ3) is 3.44. The zero-order valence-electron chi connectivity index (χ0n) is 10.6. The van der Waals surface area contributed by atoms with E-state index in [2.05, 4.69) is 9.08 Å². The van der Waals surface area contributed by atoms with Crippen molar-refractivity contribution in [3.63, 3.8) is 0 Å². The molecular formula is C12H21N3OS. The molecule has 17 heavy (non-hydrogen) atoms. The van der Waals surface area contributed by atoms with Crippen LogP contribution in [0.1, 0.15) is 26.7 Å². The molecule has 0 radical (unpaired) electrons. The predicted molar refractivity (Wildman–Crippen MR) is 73.1 cm³/mol. The Kier molecular flexibility index (Phi) is 4.96. The molecule has 3 N–H and O–H groups in total. The van der Waals surface area contributed by atoms with Gasteiger partial charge in [0.2, 0.25) is 0 Å². The van der Waals surface area contributed by atoms with Gasteiger partial charge in [0.25, 0.3) is 0 Å². The van der Waals surface area contributed by atoms with E-state index in [4.69, 9.17) is 5.73 Å². The number of nitrogens with two attached hydrogens (primary N) is 1. The summed E-state index contributed by atoms with van der Waals surface area (Å²) in [5.74, 6) is 0.